The van der Waals surface area contributed by atoms with Crippen LogP contribution in [0.5, 0.6) is 5.75 Å². The highest BCUT2D eigenvalue weighted by Crippen LogP contribution is 2.34. The lowest BCUT2D eigenvalue weighted by atomic mass is 10.0. The number of nitrogens with one attached hydrogen (secondary N) is 3. The predicted molar refractivity (Wildman–Crippen MR) is 146 cm³/mol. The molecular formula is C29H26N6O2. The molecule has 184 valence electrons. The smallest absolute Gasteiger partial charge is 0.319 e. The van der Waals surface area contributed by atoms with Gasteiger partial charge in [-0.25, -0.2) is 14.5 Å². The van der Waals surface area contributed by atoms with E-state index in [1.165, 1.54) is 0 Å². The molecule has 0 aliphatic rings. The summed E-state index contributed by atoms with van der Waals surface area (Å²) in [5.41, 5.74) is 5.05. The number of para-hydroxylation sites is 2. The molecule has 8 nitrogen and oxygen atoms in total. The van der Waals surface area contributed by atoms with Crippen molar-refractivity contribution < 1.29 is 9.90 Å². The molecule has 0 unspecified atom stereocenters. The Morgan fingerprint density at radius 2 is 1.62 bits per heavy atom. The van der Waals surface area contributed by atoms with Crippen molar-refractivity contribution >= 4 is 17.5 Å². The third kappa shape index (κ3) is 5.94. The van der Waals surface area contributed by atoms with Crippen molar-refractivity contribution in [2.75, 3.05) is 23.7 Å². The minimum Gasteiger partial charge on any atom is -0.508 e. The van der Waals surface area contributed by atoms with E-state index in [1.54, 1.807) is 24.4 Å². The van der Waals surface area contributed by atoms with E-state index in [9.17, 15) is 9.90 Å². The highest BCUT2D eigenvalue weighted by atomic mass is 16.3. The minimum atomic E-state index is -0.265. The number of phenolic OH excluding ortho intramolecular Hbond substituents is 1. The molecule has 0 saturated heterocycles. The molecule has 0 radical (unpaired) electrons. The van der Waals surface area contributed by atoms with Crippen LogP contribution in [0.25, 0.3) is 28.1 Å². The van der Waals surface area contributed by atoms with Crippen LogP contribution in [0.3, 0.4) is 0 Å². The maximum Gasteiger partial charge on any atom is 0.319 e. The number of benzene rings is 3. The van der Waals surface area contributed by atoms with E-state index < -0.39 is 0 Å². The number of aromatic hydroxyl groups is 1. The second-order valence-electron chi connectivity index (χ2n) is 8.33. The minimum absolute atomic E-state index is 0.179. The van der Waals surface area contributed by atoms with Crippen LogP contribution in [0, 0.1) is 0 Å². The molecule has 2 heterocycles. The van der Waals surface area contributed by atoms with Gasteiger partial charge in [0.1, 0.15) is 17.3 Å². The molecular weight excluding hydrogens is 464 g/mol. The Bertz CT molecular complexity index is 1490. The first-order valence-corrected chi connectivity index (χ1v) is 11.9. The Morgan fingerprint density at radius 3 is 2.41 bits per heavy atom. The number of phenols is 1. The Hall–Kier alpha value is -5.11. The van der Waals surface area contributed by atoms with E-state index in [2.05, 4.69) is 20.9 Å². The number of amides is 2. The average molecular weight is 491 g/mol. The lowest BCUT2D eigenvalue weighted by Crippen LogP contribution is -2.32. The number of urea groups is 1. The predicted octanol–water partition coefficient (Wildman–Crippen LogP) is 5.54. The Kier molecular flexibility index (Phi) is 7.08. The highest BCUT2D eigenvalue weighted by Gasteiger charge is 2.15. The number of hydrogen-bond acceptors (Lipinski definition) is 5. The average Bonchev–Trinajstić information content (AvgIpc) is 3.38. The summed E-state index contributed by atoms with van der Waals surface area (Å²) in [4.78, 5) is 16.5. The largest absolute Gasteiger partial charge is 0.508 e. The molecule has 0 atom stereocenters. The number of hydrogen-bond donors (Lipinski definition) is 4. The van der Waals surface area contributed by atoms with Crippen LogP contribution in [0.2, 0.25) is 0 Å². The lowest BCUT2D eigenvalue weighted by molar-refractivity contribution is 0.252. The second-order valence-corrected chi connectivity index (χ2v) is 8.33. The number of carbonyl (C=O) groups is 1. The van der Waals surface area contributed by atoms with Crippen LogP contribution < -0.4 is 16.0 Å². The van der Waals surface area contributed by atoms with Crippen LogP contribution in [0.4, 0.5) is 16.3 Å². The monoisotopic (exact) mass is 490 g/mol. The van der Waals surface area contributed by atoms with Gasteiger partial charge in [0.25, 0.3) is 0 Å². The molecule has 0 aliphatic heterocycles. The SMILES string of the molecule is O=C(NCCNc1cc(-c2cn(-c3ccccc3)nc2-c2cccc(O)c2)ccn1)Nc1ccccc1. The molecule has 0 aliphatic carbocycles. The first kappa shape index (κ1) is 23.6. The Labute approximate surface area is 214 Å². The summed E-state index contributed by atoms with van der Waals surface area (Å²) in [5, 5.41) is 23.8. The quantitative estimate of drug-likeness (QED) is 0.214. The normalized spacial score (nSPS) is 10.6. The molecule has 2 aromatic heterocycles. The van der Waals surface area contributed by atoms with Gasteiger partial charge in [0.15, 0.2) is 0 Å². The van der Waals surface area contributed by atoms with Gasteiger partial charge in [0, 0.05) is 42.3 Å². The summed E-state index contributed by atoms with van der Waals surface area (Å²) < 4.78 is 1.83. The summed E-state index contributed by atoms with van der Waals surface area (Å²) in [7, 11) is 0. The third-order valence-corrected chi connectivity index (χ3v) is 5.67. The fourth-order valence-corrected chi connectivity index (χ4v) is 3.92. The maximum atomic E-state index is 12.1. The van der Waals surface area contributed by atoms with Gasteiger partial charge in [0.05, 0.1) is 5.69 Å². The van der Waals surface area contributed by atoms with Gasteiger partial charge in [-0.2, -0.15) is 5.10 Å². The van der Waals surface area contributed by atoms with E-state index in [0.717, 1.165) is 33.8 Å². The van der Waals surface area contributed by atoms with Crippen molar-refractivity contribution in [3.05, 3.63) is 109 Å². The van der Waals surface area contributed by atoms with Crippen LogP contribution >= 0.6 is 0 Å². The summed E-state index contributed by atoms with van der Waals surface area (Å²) in [5.74, 6) is 0.857. The van der Waals surface area contributed by atoms with Crippen molar-refractivity contribution in [2.45, 2.75) is 0 Å². The molecule has 5 rings (SSSR count). The molecule has 0 fully saturated rings. The van der Waals surface area contributed by atoms with Gasteiger partial charge in [-0.05, 0) is 54.1 Å². The number of nitrogens with zero attached hydrogens (tertiary/aromatic N) is 3. The first-order chi connectivity index (χ1) is 18.2. The topological polar surface area (TPSA) is 104 Å². The van der Waals surface area contributed by atoms with Crippen LogP contribution in [0.1, 0.15) is 0 Å². The molecule has 0 spiro atoms. The molecule has 2 amide bonds. The molecule has 3 aromatic carbocycles. The molecule has 4 N–H and O–H groups in total. The fourth-order valence-electron chi connectivity index (χ4n) is 3.92. The van der Waals surface area contributed by atoms with E-state index in [4.69, 9.17) is 5.10 Å². The Balaban J connectivity index is 1.32. The van der Waals surface area contributed by atoms with E-state index in [-0.39, 0.29) is 11.8 Å². The molecule has 0 saturated carbocycles. The number of carbonyl (C=O) groups excluding carboxylic acids is 1. The van der Waals surface area contributed by atoms with E-state index in [0.29, 0.717) is 18.9 Å². The van der Waals surface area contributed by atoms with Gasteiger partial charge < -0.3 is 21.1 Å². The number of rotatable bonds is 8. The maximum absolute atomic E-state index is 12.1. The third-order valence-electron chi connectivity index (χ3n) is 5.67. The van der Waals surface area contributed by atoms with Gasteiger partial charge in [-0.15, -0.1) is 0 Å². The van der Waals surface area contributed by atoms with Crippen molar-refractivity contribution in [2.24, 2.45) is 0 Å². The van der Waals surface area contributed by atoms with Gasteiger partial charge in [0.2, 0.25) is 0 Å². The van der Waals surface area contributed by atoms with E-state index in [1.807, 2.05) is 89.7 Å². The van der Waals surface area contributed by atoms with Crippen molar-refractivity contribution in [1.82, 2.24) is 20.1 Å². The molecule has 8 heteroatoms. The first-order valence-electron chi connectivity index (χ1n) is 11.9. The summed E-state index contributed by atoms with van der Waals surface area (Å²) >= 11 is 0. The number of anilines is 2. The van der Waals surface area contributed by atoms with Crippen LogP contribution in [-0.2, 0) is 0 Å². The zero-order valence-electron chi connectivity index (χ0n) is 20.0. The van der Waals surface area contributed by atoms with Gasteiger partial charge in [-0.1, -0.05) is 48.5 Å². The van der Waals surface area contributed by atoms with Crippen LogP contribution in [-0.4, -0.2) is 39.0 Å². The molecule has 37 heavy (non-hydrogen) atoms. The Morgan fingerprint density at radius 1 is 0.838 bits per heavy atom. The van der Waals surface area contributed by atoms with Crippen molar-refractivity contribution in [3.63, 3.8) is 0 Å². The van der Waals surface area contributed by atoms with Crippen LogP contribution in [0.15, 0.2) is 109 Å². The molecule has 0 bridgehead atoms. The lowest BCUT2D eigenvalue weighted by Gasteiger charge is -2.10. The molecule has 5 aromatic rings. The summed E-state index contributed by atoms with van der Waals surface area (Å²) in [6.07, 6.45) is 3.71. The summed E-state index contributed by atoms with van der Waals surface area (Å²) in [6, 6.07) is 29.8. The van der Waals surface area contributed by atoms with Crippen molar-refractivity contribution in [3.8, 4) is 33.8 Å². The second kappa shape index (κ2) is 11.1. The van der Waals surface area contributed by atoms with E-state index >= 15 is 0 Å². The zero-order valence-corrected chi connectivity index (χ0v) is 20.0. The number of pyridine rings is 1. The fraction of sp³-hybridized carbons (Fsp3) is 0.0690. The van der Waals surface area contributed by atoms with Gasteiger partial charge in [-0.3, -0.25) is 0 Å². The standard InChI is InChI=1S/C29H26N6O2/c36-25-13-7-8-22(18-25)28-26(20-35(34-28)24-11-5-2-6-12-24)21-14-15-30-27(19-21)31-16-17-32-29(37)33-23-9-3-1-4-10-23/h1-15,18-20,36H,16-17H2,(H,30,31)(H2,32,33,37). The zero-order chi connectivity index (χ0) is 25.5. The van der Waals surface area contributed by atoms with Gasteiger partial charge >= 0.3 is 6.03 Å². The highest BCUT2D eigenvalue weighted by molar-refractivity contribution is 5.89. The number of aromatic nitrogens is 3. The van der Waals surface area contributed by atoms with Crippen molar-refractivity contribution in [1.29, 1.82) is 0 Å². The summed E-state index contributed by atoms with van der Waals surface area (Å²) in [6.45, 7) is 0.923.